The van der Waals surface area contributed by atoms with Gasteiger partial charge in [0.25, 0.3) is 0 Å². The van der Waals surface area contributed by atoms with Gasteiger partial charge in [0.1, 0.15) is 11.8 Å². The number of piperidine rings is 1. The molecule has 2 saturated heterocycles. The van der Waals surface area contributed by atoms with Gasteiger partial charge in [-0.15, -0.1) is 0 Å². The van der Waals surface area contributed by atoms with Crippen molar-refractivity contribution >= 4 is 29.3 Å². The molecule has 10 heteroatoms. The van der Waals surface area contributed by atoms with E-state index in [1.54, 1.807) is 23.8 Å². The summed E-state index contributed by atoms with van der Waals surface area (Å²) in [5.74, 6) is -1.97. The summed E-state index contributed by atoms with van der Waals surface area (Å²) < 4.78 is 31.2. The molecule has 0 aliphatic carbocycles. The van der Waals surface area contributed by atoms with Crippen LogP contribution in [-0.2, 0) is 19.0 Å². The van der Waals surface area contributed by atoms with Crippen LogP contribution in [0.15, 0.2) is 23.8 Å². The Morgan fingerprint density at radius 2 is 1.91 bits per heavy atom. The fourth-order valence-corrected chi connectivity index (χ4v) is 3.85. The first-order valence-electron chi connectivity index (χ1n) is 11.8. The van der Waals surface area contributed by atoms with E-state index in [4.69, 9.17) is 14.2 Å². The molecule has 2 amide bonds. The number of nitrogens with zero attached hydrogens (tertiary/aromatic N) is 2. The Morgan fingerprint density at radius 1 is 1.26 bits per heavy atom. The number of esters is 1. The maximum atomic E-state index is 15.4. The number of benzene rings is 1. The highest BCUT2D eigenvalue weighted by Gasteiger charge is 2.30. The van der Waals surface area contributed by atoms with E-state index >= 15 is 4.39 Å². The first-order chi connectivity index (χ1) is 16.5. The molecule has 1 atom stereocenters. The molecule has 0 saturated carbocycles. The lowest BCUT2D eigenvalue weighted by Gasteiger charge is -2.37. The second-order valence-corrected chi connectivity index (χ2v) is 9.53. The molecule has 35 heavy (non-hydrogen) atoms. The van der Waals surface area contributed by atoms with Gasteiger partial charge >= 0.3 is 12.1 Å². The van der Waals surface area contributed by atoms with Gasteiger partial charge < -0.3 is 29.3 Å². The molecule has 0 unspecified atom stereocenters. The van der Waals surface area contributed by atoms with Crippen LogP contribution in [0.25, 0.3) is 0 Å². The van der Waals surface area contributed by atoms with Gasteiger partial charge in [0.05, 0.1) is 30.2 Å². The number of ether oxygens (including phenoxy) is 3. The van der Waals surface area contributed by atoms with Crippen LogP contribution in [0.5, 0.6) is 0 Å². The molecule has 1 N–H and O–H groups in total. The number of likely N-dealkylation sites (tertiary alicyclic amines) is 1. The summed E-state index contributed by atoms with van der Waals surface area (Å²) >= 11 is 0. The van der Waals surface area contributed by atoms with E-state index in [0.29, 0.717) is 39.0 Å². The van der Waals surface area contributed by atoms with E-state index in [2.05, 4.69) is 5.32 Å². The second-order valence-electron chi connectivity index (χ2n) is 9.53. The monoisotopic (exact) mass is 491 g/mol. The van der Waals surface area contributed by atoms with Crippen LogP contribution >= 0.6 is 0 Å². The highest BCUT2D eigenvalue weighted by molar-refractivity contribution is 6.03. The number of halogens is 1. The van der Waals surface area contributed by atoms with Gasteiger partial charge in [0.2, 0.25) is 5.91 Å². The van der Waals surface area contributed by atoms with Gasteiger partial charge in [-0.3, -0.25) is 4.79 Å². The van der Waals surface area contributed by atoms with Crippen molar-refractivity contribution < 1.29 is 33.0 Å². The fraction of sp³-hybridized carbons (Fsp3) is 0.560. The van der Waals surface area contributed by atoms with Crippen LogP contribution in [0.2, 0.25) is 0 Å². The van der Waals surface area contributed by atoms with Gasteiger partial charge in [-0.2, -0.15) is 0 Å². The zero-order chi connectivity index (χ0) is 25.8. The SMILES string of the molecule is CCOC(=O)c1ccc(NC(=O)C=C2CCN(C(=O)OC(C)(C)C)CC2)c(N(C)[C@@H]2CCO2)c1F. The molecule has 9 nitrogen and oxygen atoms in total. The molecule has 2 aliphatic heterocycles. The Balaban J connectivity index is 1.73. The predicted molar refractivity (Wildman–Crippen MR) is 129 cm³/mol. The molecule has 0 radical (unpaired) electrons. The minimum atomic E-state index is -0.780. The summed E-state index contributed by atoms with van der Waals surface area (Å²) in [6.45, 7) is 8.66. The Hall–Kier alpha value is -3.14. The number of nitrogens with one attached hydrogen (secondary N) is 1. The van der Waals surface area contributed by atoms with E-state index in [0.717, 1.165) is 5.57 Å². The summed E-state index contributed by atoms with van der Waals surface area (Å²) in [6, 6.07) is 2.79. The summed E-state index contributed by atoms with van der Waals surface area (Å²) in [7, 11) is 1.65. The summed E-state index contributed by atoms with van der Waals surface area (Å²) in [5, 5.41) is 2.74. The molecule has 1 aromatic rings. The van der Waals surface area contributed by atoms with Gasteiger partial charge in [0.15, 0.2) is 5.82 Å². The molecule has 0 spiro atoms. The molecular formula is C25H34FN3O6. The topological polar surface area (TPSA) is 97.4 Å². The quantitative estimate of drug-likeness (QED) is 0.473. The van der Waals surface area contributed by atoms with E-state index in [9.17, 15) is 14.4 Å². The fourth-order valence-electron chi connectivity index (χ4n) is 3.85. The Morgan fingerprint density at radius 3 is 2.46 bits per heavy atom. The first kappa shape index (κ1) is 26.5. The van der Waals surface area contributed by atoms with E-state index in [1.807, 2.05) is 20.8 Å². The lowest BCUT2D eigenvalue weighted by molar-refractivity contribution is -0.112. The molecule has 2 heterocycles. The smallest absolute Gasteiger partial charge is 0.410 e. The third kappa shape index (κ3) is 6.72. The predicted octanol–water partition coefficient (Wildman–Crippen LogP) is 4.08. The minimum Gasteiger partial charge on any atom is -0.462 e. The van der Waals surface area contributed by atoms with Gasteiger partial charge in [0, 0.05) is 32.6 Å². The van der Waals surface area contributed by atoms with Crippen molar-refractivity contribution in [3.8, 4) is 0 Å². The number of carbonyl (C=O) groups is 3. The summed E-state index contributed by atoms with van der Waals surface area (Å²) in [5.41, 5.74) is 0.385. The third-order valence-electron chi connectivity index (χ3n) is 5.72. The normalized spacial score (nSPS) is 17.8. The number of anilines is 2. The highest BCUT2D eigenvalue weighted by atomic mass is 19.1. The zero-order valence-corrected chi connectivity index (χ0v) is 21.0. The van der Waals surface area contributed by atoms with Crippen molar-refractivity contribution in [2.24, 2.45) is 0 Å². The number of rotatable bonds is 6. The van der Waals surface area contributed by atoms with Crippen molar-refractivity contribution in [1.29, 1.82) is 0 Å². The lowest BCUT2D eigenvalue weighted by atomic mass is 10.0. The molecule has 2 fully saturated rings. The molecular weight excluding hydrogens is 457 g/mol. The van der Waals surface area contributed by atoms with E-state index in [-0.39, 0.29) is 35.9 Å². The molecule has 192 valence electrons. The number of amides is 2. The van der Waals surface area contributed by atoms with Gasteiger partial charge in [-0.1, -0.05) is 5.57 Å². The van der Waals surface area contributed by atoms with E-state index < -0.39 is 23.3 Å². The average Bonchev–Trinajstić information content (AvgIpc) is 2.72. The lowest BCUT2D eigenvalue weighted by Crippen LogP contribution is -2.43. The van der Waals surface area contributed by atoms with Crippen molar-refractivity contribution in [2.45, 2.75) is 58.8 Å². The third-order valence-corrected chi connectivity index (χ3v) is 5.72. The number of hydrogen-bond acceptors (Lipinski definition) is 7. The summed E-state index contributed by atoms with van der Waals surface area (Å²) in [4.78, 5) is 40.4. The maximum Gasteiger partial charge on any atom is 0.410 e. The highest BCUT2D eigenvalue weighted by Crippen LogP contribution is 2.35. The standard InChI is InChI=1S/C25H34FN3O6/c1-6-33-23(31)17-7-8-18(22(21(17)26)28(5)20-11-14-34-20)27-19(30)15-16-9-12-29(13-10-16)24(32)35-25(2,3)4/h7-8,15,20H,6,9-14H2,1-5H3,(H,27,30)/t20-/m0/s1. The van der Waals surface area contributed by atoms with Crippen LogP contribution in [-0.4, -0.2) is 68.0 Å². The van der Waals surface area contributed by atoms with Crippen LogP contribution < -0.4 is 10.2 Å². The largest absolute Gasteiger partial charge is 0.462 e. The zero-order valence-electron chi connectivity index (χ0n) is 21.0. The summed E-state index contributed by atoms with van der Waals surface area (Å²) in [6.07, 6.45) is 2.52. The van der Waals surface area contributed by atoms with Crippen LogP contribution in [0.4, 0.5) is 20.6 Å². The second kappa shape index (κ2) is 11.1. The van der Waals surface area contributed by atoms with Crippen molar-refractivity contribution in [2.75, 3.05) is 43.6 Å². The minimum absolute atomic E-state index is 0.0618. The molecule has 2 aliphatic rings. The Labute approximate surface area is 205 Å². The van der Waals surface area contributed by atoms with E-state index in [1.165, 1.54) is 18.2 Å². The van der Waals surface area contributed by atoms with Crippen molar-refractivity contribution in [3.05, 3.63) is 35.2 Å². The average molecular weight is 492 g/mol. The molecule has 3 rings (SSSR count). The maximum absolute atomic E-state index is 15.4. The Bertz CT molecular complexity index is 990. The molecule has 0 bridgehead atoms. The van der Waals surface area contributed by atoms with Crippen molar-refractivity contribution in [3.63, 3.8) is 0 Å². The van der Waals surface area contributed by atoms with Crippen molar-refractivity contribution in [1.82, 2.24) is 4.90 Å². The first-order valence-corrected chi connectivity index (χ1v) is 11.8. The molecule has 0 aromatic heterocycles. The number of carbonyl (C=O) groups excluding carboxylic acids is 3. The van der Waals surface area contributed by atoms with Gasteiger partial charge in [-0.25, -0.2) is 14.0 Å². The Kier molecular flexibility index (Phi) is 8.37. The number of hydrogen-bond donors (Lipinski definition) is 1. The molecule has 1 aromatic carbocycles. The van der Waals surface area contributed by atoms with Crippen LogP contribution in [0.1, 0.15) is 57.3 Å². The van der Waals surface area contributed by atoms with Crippen LogP contribution in [0.3, 0.4) is 0 Å². The van der Waals surface area contributed by atoms with Gasteiger partial charge in [-0.05, 0) is 52.7 Å². The van der Waals surface area contributed by atoms with Crippen LogP contribution in [0, 0.1) is 5.82 Å².